The molecule has 1 saturated heterocycles. The van der Waals surface area contributed by atoms with Crippen LogP contribution in [-0.4, -0.2) is 63.0 Å². The Balaban J connectivity index is 1.35. The van der Waals surface area contributed by atoms with Crippen LogP contribution < -0.4 is 14.4 Å². The lowest BCUT2D eigenvalue weighted by Crippen LogP contribution is -2.51. The largest absolute Gasteiger partial charge is 0.493 e. The van der Waals surface area contributed by atoms with E-state index in [4.69, 9.17) is 14.3 Å². The molecule has 2 heterocycles. The van der Waals surface area contributed by atoms with Gasteiger partial charge in [-0.3, -0.25) is 4.79 Å². The molecule has 7 nitrogen and oxygen atoms in total. The molecule has 4 rings (SSSR count). The first-order valence-corrected chi connectivity index (χ1v) is 9.73. The third-order valence-electron chi connectivity index (χ3n) is 5.37. The Morgan fingerprint density at radius 3 is 2.41 bits per heavy atom. The number of ether oxygens (including phenoxy) is 2. The van der Waals surface area contributed by atoms with Gasteiger partial charge in [0.25, 0.3) is 5.91 Å². The molecule has 2 aromatic rings. The average molecular weight is 395 g/mol. The van der Waals surface area contributed by atoms with E-state index in [0.717, 1.165) is 24.4 Å². The van der Waals surface area contributed by atoms with Crippen LogP contribution in [0.4, 0.5) is 5.69 Å². The number of hydrogen-bond acceptors (Lipinski definition) is 6. The lowest BCUT2D eigenvalue weighted by Gasteiger charge is -2.36. The molecule has 1 fully saturated rings. The van der Waals surface area contributed by atoms with Gasteiger partial charge >= 0.3 is 0 Å². The highest BCUT2D eigenvalue weighted by Gasteiger charge is 2.34. The summed E-state index contributed by atoms with van der Waals surface area (Å²) in [5.41, 5.74) is 2.80. The summed E-state index contributed by atoms with van der Waals surface area (Å²) < 4.78 is 10.6. The van der Waals surface area contributed by atoms with Crippen LogP contribution in [0.3, 0.4) is 0 Å². The second-order valence-corrected chi connectivity index (χ2v) is 7.05. The molecule has 1 atom stereocenters. The Kier molecular flexibility index (Phi) is 5.55. The molecule has 29 heavy (non-hydrogen) atoms. The predicted octanol–water partition coefficient (Wildman–Crippen LogP) is 2.55. The van der Waals surface area contributed by atoms with Gasteiger partial charge in [0, 0.05) is 43.9 Å². The van der Waals surface area contributed by atoms with Crippen LogP contribution in [0.25, 0.3) is 0 Å². The minimum Gasteiger partial charge on any atom is -0.493 e. The second kappa shape index (κ2) is 8.43. The molecule has 2 aromatic carbocycles. The van der Waals surface area contributed by atoms with Crippen molar-refractivity contribution in [3.63, 3.8) is 0 Å². The number of oxime groups is 1. The molecule has 0 aliphatic carbocycles. The number of methoxy groups -OCH3 is 2. The number of carbonyl (C=O) groups is 1. The summed E-state index contributed by atoms with van der Waals surface area (Å²) in [6.07, 6.45) is -0.117. The van der Waals surface area contributed by atoms with Crippen molar-refractivity contribution in [2.45, 2.75) is 12.5 Å². The number of nitrogens with zero attached hydrogens (tertiary/aromatic N) is 3. The smallest absolute Gasteiger partial charge is 0.267 e. The van der Waals surface area contributed by atoms with Gasteiger partial charge in [0.2, 0.25) is 6.10 Å². The zero-order valence-corrected chi connectivity index (χ0v) is 16.7. The highest BCUT2D eigenvalue weighted by molar-refractivity contribution is 6.04. The maximum absolute atomic E-state index is 12.9. The summed E-state index contributed by atoms with van der Waals surface area (Å²) in [6.45, 7) is 2.98. The van der Waals surface area contributed by atoms with Gasteiger partial charge in [-0.25, -0.2) is 0 Å². The molecule has 1 unspecified atom stereocenters. The Hall–Kier alpha value is -3.22. The lowest BCUT2D eigenvalue weighted by molar-refractivity contribution is -0.142. The molecule has 1 amide bonds. The molecule has 0 radical (unpaired) electrons. The molecule has 0 N–H and O–H groups in total. The first-order chi connectivity index (χ1) is 14.2. The minimum atomic E-state index is -0.568. The zero-order valence-electron chi connectivity index (χ0n) is 16.7. The van der Waals surface area contributed by atoms with Gasteiger partial charge in [-0.15, -0.1) is 0 Å². The van der Waals surface area contributed by atoms with Crippen molar-refractivity contribution in [2.24, 2.45) is 5.16 Å². The molecule has 0 saturated carbocycles. The number of anilines is 1. The summed E-state index contributed by atoms with van der Waals surface area (Å²) in [5.74, 6) is 1.27. The predicted molar refractivity (Wildman–Crippen MR) is 111 cm³/mol. The van der Waals surface area contributed by atoms with E-state index < -0.39 is 6.10 Å². The minimum absolute atomic E-state index is 0.00283. The van der Waals surface area contributed by atoms with Crippen LogP contribution in [0, 0.1) is 0 Å². The molecule has 2 aliphatic heterocycles. The van der Waals surface area contributed by atoms with E-state index in [0.29, 0.717) is 31.0 Å². The van der Waals surface area contributed by atoms with E-state index in [1.807, 2.05) is 41.3 Å². The number of amides is 1. The number of piperazine rings is 1. The van der Waals surface area contributed by atoms with Crippen molar-refractivity contribution in [3.8, 4) is 11.5 Å². The monoisotopic (exact) mass is 395 g/mol. The van der Waals surface area contributed by atoms with Crippen LogP contribution in [0.1, 0.15) is 12.0 Å². The Morgan fingerprint density at radius 1 is 1.00 bits per heavy atom. The van der Waals surface area contributed by atoms with Crippen LogP contribution in [0.15, 0.2) is 53.7 Å². The number of para-hydroxylation sites is 1. The fourth-order valence-electron chi connectivity index (χ4n) is 3.72. The van der Waals surface area contributed by atoms with E-state index in [1.54, 1.807) is 14.2 Å². The number of benzene rings is 2. The van der Waals surface area contributed by atoms with Crippen LogP contribution >= 0.6 is 0 Å². The Morgan fingerprint density at radius 2 is 1.72 bits per heavy atom. The first-order valence-electron chi connectivity index (χ1n) is 9.73. The quantitative estimate of drug-likeness (QED) is 0.779. The molecule has 152 valence electrons. The second-order valence-electron chi connectivity index (χ2n) is 7.05. The van der Waals surface area contributed by atoms with Crippen molar-refractivity contribution in [3.05, 3.63) is 54.1 Å². The molecule has 7 heteroatoms. The summed E-state index contributed by atoms with van der Waals surface area (Å²) in [6, 6.07) is 15.9. The van der Waals surface area contributed by atoms with E-state index in [2.05, 4.69) is 22.2 Å². The van der Waals surface area contributed by atoms with Gasteiger partial charge in [0.1, 0.15) is 0 Å². The lowest BCUT2D eigenvalue weighted by atomic mass is 10.0. The number of hydrogen-bond donors (Lipinski definition) is 0. The SMILES string of the molecule is COc1ccc(C2=NOC(C(=O)N3CCN(c4ccccc4)CC3)C2)cc1OC. The fraction of sp³-hybridized carbons (Fsp3) is 0.364. The molecule has 0 bridgehead atoms. The van der Waals surface area contributed by atoms with E-state index in [1.165, 1.54) is 5.69 Å². The Bertz CT molecular complexity index is 892. The normalized spacial score (nSPS) is 18.8. The highest BCUT2D eigenvalue weighted by atomic mass is 16.6. The maximum Gasteiger partial charge on any atom is 0.267 e. The highest BCUT2D eigenvalue weighted by Crippen LogP contribution is 2.30. The maximum atomic E-state index is 12.9. The van der Waals surface area contributed by atoms with Crippen molar-refractivity contribution in [2.75, 3.05) is 45.3 Å². The summed E-state index contributed by atoms with van der Waals surface area (Å²) in [5, 5.41) is 4.16. The van der Waals surface area contributed by atoms with Gasteiger partial charge in [0.15, 0.2) is 11.5 Å². The third-order valence-corrected chi connectivity index (χ3v) is 5.37. The Labute approximate surface area is 170 Å². The van der Waals surface area contributed by atoms with E-state index in [-0.39, 0.29) is 5.91 Å². The van der Waals surface area contributed by atoms with Gasteiger partial charge in [-0.1, -0.05) is 23.4 Å². The summed E-state index contributed by atoms with van der Waals surface area (Å²) >= 11 is 0. The third kappa shape index (κ3) is 3.99. The van der Waals surface area contributed by atoms with E-state index in [9.17, 15) is 4.79 Å². The zero-order chi connectivity index (χ0) is 20.2. The van der Waals surface area contributed by atoms with Gasteiger partial charge in [0.05, 0.1) is 19.9 Å². The average Bonchev–Trinajstić information content (AvgIpc) is 3.29. The standard InChI is InChI=1S/C22H25N3O4/c1-27-19-9-8-16(14-20(19)28-2)18-15-21(29-23-18)22(26)25-12-10-24(11-13-25)17-6-4-3-5-7-17/h3-9,14,21H,10-13,15H2,1-2H3. The van der Waals surface area contributed by atoms with Crippen LogP contribution in [0.5, 0.6) is 11.5 Å². The number of rotatable bonds is 5. The van der Waals surface area contributed by atoms with Gasteiger partial charge in [-0.05, 0) is 30.3 Å². The molecular weight excluding hydrogens is 370 g/mol. The van der Waals surface area contributed by atoms with Crippen molar-refractivity contribution in [1.82, 2.24) is 4.90 Å². The van der Waals surface area contributed by atoms with Crippen LogP contribution in [0.2, 0.25) is 0 Å². The molecular formula is C22H25N3O4. The van der Waals surface area contributed by atoms with Crippen molar-refractivity contribution >= 4 is 17.3 Å². The fourth-order valence-corrected chi connectivity index (χ4v) is 3.72. The van der Waals surface area contributed by atoms with E-state index >= 15 is 0 Å². The van der Waals surface area contributed by atoms with Crippen molar-refractivity contribution < 1.29 is 19.1 Å². The summed E-state index contributed by atoms with van der Waals surface area (Å²) in [7, 11) is 3.19. The first kappa shape index (κ1) is 19.1. The molecule has 0 spiro atoms. The number of carbonyl (C=O) groups excluding carboxylic acids is 1. The topological polar surface area (TPSA) is 63.6 Å². The van der Waals surface area contributed by atoms with Gasteiger partial charge < -0.3 is 24.1 Å². The van der Waals surface area contributed by atoms with Gasteiger partial charge in [-0.2, -0.15) is 0 Å². The van der Waals surface area contributed by atoms with Crippen molar-refractivity contribution in [1.29, 1.82) is 0 Å². The summed E-state index contributed by atoms with van der Waals surface area (Å²) in [4.78, 5) is 22.6. The molecule has 2 aliphatic rings. The molecule has 0 aromatic heterocycles. The van der Waals surface area contributed by atoms with Crippen LogP contribution in [-0.2, 0) is 9.63 Å².